The van der Waals surface area contributed by atoms with Gasteiger partial charge in [0.15, 0.2) is 11.5 Å². The summed E-state index contributed by atoms with van der Waals surface area (Å²) in [6.07, 6.45) is 6.34. The summed E-state index contributed by atoms with van der Waals surface area (Å²) in [5, 5.41) is 3.63. The third-order valence-corrected chi connectivity index (χ3v) is 7.06. The second kappa shape index (κ2) is 9.09. The van der Waals surface area contributed by atoms with Gasteiger partial charge in [-0.1, -0.05) is 6.07 Å². The van der Waals surface area contributed by atoms with E-state index in [4.69, 9.17) is 9.47 Å². The second-order valence-corrected chi connectivity index (χ2v) is 8.84. The highest BCUT2D eigenvalue weighted by molar-refractivity contribution is 7.18. The van der Waals surface area contributed by atoms with E-state index in [1.165, 1.54) is 15.8 Å². The van der Waals surface area contributed by atoms with E-state index in [0.29, 0.717) is 29.9 Å². The Morgan fingerprint density at radius 1 is 1.23 bits per heavy atom. The van der Waals surface area contributed by atoms with Crippen LogP contribution in [0.25, 0.3) is 10.2 Å². The third kappa shape index (κ3) is 4.17. The molecule has 1 atom stereocenters. The molecule has 0 spiro atoms. The van der Waals surface area contributed by atoms with Gasteiger partial charge >= 0.3 is 0 Å². The van der Waals surface area contributed by atoms with Crippen molar-refractivity contribution in [3.63, 3.8) is 0 Å². The molecule has 4 rings (SSSR count). The molecular weight excluding hydrogens is 414 g/mol. The van der Waals surface area contributed by atoms with Crippen LogP contribution >= 0.6 is 11.3 Å². The maximum Gasteiger partial charge on any atom is 0.263 e. The van der Waals surface area contributed by atoms with Crippen LogP contribution in [0, 0.1) is 0 Å². The van der Waals surface area contributed by atoms with E-state index in [1.807, 2.05) is 18.2 Å². The van der Waals surface area contributed by atoms with Crippen molar-refractivity contribution < 1.29 is 14.3 Å². The molecule has 1 amide bonds. The van der Waals surface area contributed by atoms with E-state index in [2.05, 4.69) is 10.3 Å². The molecule has 0 radical (unpaired) electrons. The number of benzene rings is 1. The van der Waals surface area contributed by atoms with Gasteiger partial charge < -0.3 is 14.8 Å². The highest BCUT2D eigenvalue weighted by Gasteiger charge is 2.23. The monoisotopic (exact) mass is 441 g/mol. The number of rotatable bonds is 7. The number of nitrogens with one attached hydrogen (secondary N) is 1. The maximum atomic E-state index is 13.2. The van der Waals surface area contributed by atoms with Crippen molar-refractivity contribution in [3.05, 3.63) is 50.9 Å². The van der Waals surface area contributed by atoms with E-state index in [0.717, 1.165) is 41.6 Å². The molecule has 31 heavy (non-hydrogen) atoms. The van der Waals surface area contributed by atoms with E-state index in [9.17, 15) is 9.59 Å². The number of methoxy groups -OCH3 is 2. The number of fused-ring (bicyclic) bond motifs is 3. The molecule has 164 valence electrons. The topological polar surface area (TPSA) is 82.5 Å². The third-order valence-electron chi connectivity index (χ3n) is 5.86. The van der Waals surface area contributed by atoms with Crippen LogP contribution in [-0.4, -0.2) is 36.2 Å². The number of aryl methyl sites for hydroxylation is 2. The summed E-state index contributed by atoms with van der Waals surface area (Å²) in [6.45, 7) is 2.19. The van der Waals surface area contributed by atoms with Gasteiger partial charge in [0.2, 0.25) is 5.91 Å². The molecule has 7 nitrogen and oxygen atoms in total. The first-order chi connectivity index (χ1) is 15.0. The summed E-state index contributed by atoms with van der Waals surface area (Å²) in [7, 11) is 3.19. The number of ether oxygens (including phenoxy) is 2. The van der Waals surface area contributed by atoms with Gasteiger partial charge in [0.25, 0.3) is 5.56 Å². The fourth-order valence-electron chi connectivity index (χ4n) is 4.08. The number of thiophene rings is 1. The van der Waals surface area contributed by atoms with Crippen molar-refractivity contribution in [1.82, 2.24) is 14.9 Å². The average Bonchev–Trinajstić information content (AvgIpc) is 3.18. The first-order valence-electron chi connectivity index (χ1n) is 10.5. The Bertz CT molecular complexity index is 1170. The molecule has 2 heterocycles. The number of aromatic nitrogens is 2. The van der Waals surface area contributed by atoms with Gasteiger partial charge in [0, 0.05) is 11.4 Å². The Morgan fingerprint density at radius 2 is 2.00 bits per heavy atom. The Balaban J connectivity index is 1.45. The van der Waals surface area contributed by atoms with E-state index in [1.54, 1.807) is 32.5 Å². The Labute approximate surface area is 185 Å². The fourth-order valence-corrected chi connectivity index (χ4v) is 5.29. The van der Waals surface area contributed by atoms with Crippen LogP contribution < -0.4 is 20.3 Å². The molecule has 0 saturated heterocycles. The number of carbonyl (C=O) groups is 1. The lowest BCUT2D eigenvalue weighted by atomic mass is 9.97. The molecule has 1 aromatic carbocycles. The van der Waals surface area contributed by atoms with Crippen LogP contribution in [0.4, 0.5) is 0 Å². The lowest BCUT2D eigenvalue weighted by Crippen LogP contribution is -2.36. The summed E-state index contributed by atoms with van der Waals surface area (Å²) in [4.78, 5) is 32.4. The van der Waals surface area contributed by atoms with Crippen molar-refractivity contribution in [2.75, 3.05) is 20.8 Å². The summed E-state index contributed by atoms with van der Waals surface area (Å²) in [5.41, 5.74) is 2.04. The molecular formula is C23H27N3O4S. The van der Waals surface area contributed by atoms with Gasteiger partial charge in [-0.25, -0.2) is 4.98 Å². The summed E-state index contributed by atoms with van der Waals surface area (Å²) >= 11 is 1.62. The first-order valence-corrected chi connectivity index (χ1v) is 11.3. The van der Waals surface area contributed by atoms with E-state index >= 15 is 0 Å². The standard InChI is InChI=1S/C23H27N3O4S/c1-14(21(27)24-11-10-15-8-9-17(29-2)18(12-15)30-3)26-13-25-22-20(23(26)28)16-6-4-5-7-19(16)31-22/h8-9,12-14H,4-7,10-11H2,1-3H3,(H,24,27). The van der Waals surface area contributed by atoms with Crippen molar-refractivity contribution in [2.24, 2.45) is 0 Å². The molecule has 0 bridgehead atoms. The van der Waals surface area contributed by atoms with Gasteiger partial charge in [0.1, 0.15) is 10.9 Å². The van der Waals surface area contributed by atoms with Crippen molar-refractivity contribution >= 4 is 27.5 Å². The Morgan fingerprint density at radius 3 is 2.77 bits per heavy atom. The lowest BCUT2D eigenvalue weighted by molar-refractivity contribution is -0.123. The molecule has 8 heteroatoms. The fraction of sp³-hybridized carbons (Fsp3) is 0.435. The van der Waals surface area contributed by atoms with Crippen LogP contribution in [0.3, 0.4) is 0 Å². The SMILES string of the molecule is COc1ccc(CCNC(=O)C(C)n2cnc3sc4c(c3c2=O)CCCC4)cc1OC. The summed E-state index contributed by atoms with van der Waals surface area (Å²) in [5.74, 6) is 1.12. The Kier molecular flexibility index (Phi) is 6.27. The van der Waals surface area contributed by atoms with Crippen LogP contribution in [0.5, 0.6) is 11.5 Å². The van der Waals surface area contributed by atoms with Crippen molar-refractivity contribution in [2.45, 2.75) is 45.1 Å². The molecule has 0 fully saturated rings. The number of hydrogen-bond donors (Lipinski definition) is 1. The molecule has 1 unspecified atom stereocenters. The molecule has 1 aliphatic carbocycles. The second-order valence-electron chi connectivity index (χ2n) is 7.75. The quantitative estimate of drug-likeness (QED) is 0.609. The normalized spacial score (nSPS) is 14.2. The van der Waals surface area contributed by atoms with E-state index < -0.39 is 6.04 Å². The van der Waals surface area contributed by atoms with Crippen LogP contribution in [-0.2, 0) is 24.1 Å². The van der Waals surface area contributed by atoms with Crippen LogP contribution in [0.2, 0.25) is 0 Å². The number of carbonyl (C=O) groups excluding carboxylic acids is 1. The van der Waals surface area contributed by atoms with Gasteiger partial charge in [-0.2, -0.15) is 0 Å². The molecule has 1 aliphatic rings. The number of hydrogen-bond acceptors (Lipinski definition) is 6. The summed E-state index contributed by atoms with van der Waals surface area (Å²) < 4.78 is 12.0. The number of amides is 1. The lowest BCUT2D eigenvalue weighted by Gasteiger charge is -2.16. The Hall–Kier alpha value is -2.87. The first kappa shape index (κ1) is 21.4. The minimum absolute atomic E-state index is 0.119. The van der Waals surface area contributed by atoms with E-state index in [-0.39, 0.29) is 11.5 Å². The van der Waals surface area contributed by atoms with Gasteiger partial charge in [-0.15, -0.1) is 11.3 Å². The van der Waals surface area contributed by atoms with Crippen molar-refractivity contribution in [1.29, 1.82) is 0 Å². The average molecular weight is 442 g/mol. The predicted octanol–water partition coefficient (Wildman–Crippen LogP) is 3.27. The molecule has 3 aromatic rings. The molecule has 0 aliphatic heterocycles. The summed E-state index contributed by atoms with van der Waals surface area (Å²) in [6, 6.07) is 5.06. The van der Waals surface area contributed by atoms with Gasteiger partial charge in [-0.3, -0.25) is 14.2 Å². The highest BCUT2D eigenvalue weighted by Crippen LogP contribution is 2.33. The maximum absolute atomic E-state index is 13.2. The zero-order chi connectivity index (χ0) is 22.0. The molecule has 0 saturated carbocycles. The zero-order valence-corrected chi connectivity index (χ0v) is 18.9. The minimum atomic E-state index is -0.631. The van der Waals surface area contributed by atoms with Gasteiger partial charge in [0.05, 0.1) is 25.9 Å². The number of nitrogens with zero attached hydrogens (tertiary/aromatic N) is 2. The van der Waals surface area contributed by atoms with Crippen LogP contribution in [0.15, 0.2) is 29.3 Å². The minimum Gasteiger partial charge on any atom is -0.493 e. The zero-order valence-electron chi connectivity index (χ0n) is 18.1. The largest absolute Gasteiger partial charge is 0.493 e. The smallest absolute Gasteiger partial charge is 0.263 e. The predicted molar refractivity (Wildman–Crippen MR) is 121 cm³/mol. The molecule has 2 aromatic heterocycles. The van der Waals surface area contributed by atoms with Crippen molar-refractivity contribution in [3.8, 4) is 11.5 Å². The van der Waals surface area contributed by atoms with Gasteiger partial charge in [-0.05, 0) is 62.3 Å². The highest BCUT2D eigenvalue weighted by atomic mass is 32.1. The molecule has 1 N–H and O–H groups in total. The van der Waals surface area contributed by atoms with Crippen LogP contribution in [0.1, 0.15) is 41.8 Å².